The zero-order valence-electron chi connectivity index (χ0n) is 31.9. The first-order chi connectivity index (χ1) is 22.9. The fraction of sp³-hybridized carbons (Fsp3) is 0.814. The van der Waals surface area contributed by atoms with Gasteiger partial charge in [-0.2, -0.15) is 0 Å². The smallest absolute Gasteiger partial charge is 0.306 e. The van der Waals surface area contributed by atoms with Crippen LogP contribution in [0.4, 0.5) is 0 Å². The highest BCUT2D eigenvalue weighted by atomic mass is 16.6. The van der Waals surface area contributed by atoms with Gasteiger partial charge in [0, 0.05) is 19.3 Å². The van der Waals surface area contributed by atoms with Gasteiger partial charge in [0.15, 0.2) is 0 Å². The van der Waals surface area contributed by atoms with Crippen molar-refractivity contribution >= 4 is 11.9 Å². The number of carbonyl (C=O) groups is 2. The number of hydrogen-bond acceptors (Lipinski definition) is 5. The van der Waals surface area contributed by atoms with Crippen LogP contribution in [-0.2, 0) is 19.1 Å². The van der Waals surface area contributed by atoms with Crippen LogP contribution in [0, 0.1) is 23.2 Å². The molecule has 0 aromatic carbocycles. The molecule has 0 saturated heterocycles. The molecule has 0 aliphatic heterocycles. The van der Waals surface area contributed by atoms with E-state index in [0.717, 1.165) is 64.2 Å². The average molecular weight is 669 g/mol. The van der Waals surface area contributed by atoms with Crippen molar-refractivity contribution in [2.24, 2.45) is 23.2 Å². The van der Waals surface area contributed by atoms with E-state index < -0.39 is 11.7 Å². The van der Waals surface area contributed by atoms with E-state index in [-0.39, 0.29) is 23.5 Å². The normalized spacial score (nSPS) is 27.6. The number of allylic oxidation sites excluding steroid dienone is 4. The van der Waals surface area contributed by atoms with Crippen LogP contribution >= 0.6 is 0 Å². The Balaban J connectivity index is 1.56. The van der Waals surface area contributed by atoms with Crippen LogP contribution in [0.25, 0.3) is 0 Å². The van der Waals surface area contributed by atoms with Crippen molar-refractivity contribution in [1.29, 1.82) is 0 Å². The maximum absolute atomic E-state index is 12.7. The topological polar surface area (TPSA) is 72.8 Å². The van der Waals surface area contributed by atoms with E-state index >= 15 is 0 Å². The van der Waals surface area contributed by atoms with Gasteiger partial charge in [-0.05, 0) is 113 Å². The number of ether oxygens (including phenoxy) is 2. The maximum Gasteiger partial charge on any atom is 0.306 e. The summed E-state index contributed by atoms with van der Waals surface area (Å²) in [4.78, 5) is 25.2. The Morgan fingerprint density at radius 2 is 1.56 bits per heavy atom. The summed E-state index contributed by atoms with van der Waals surface area (Å²) in [6.45, 7) is 17.2. The molecule has 274 valence electrons. The molecule has 0 radical (unpaired) electrons. The number of aliphatic hydroxyl groups is 1. The van der Waals surface area contributed by atoms with Crippen molar-refractivity contribution in [3.8, 4) is 0 Å². The molecule has 0 spiro atoms. The summed E-state index contributed by atoms with van der Waals surface area (Å²) in [7, 11) is 0. The largest absolute Gasteiger partial charge is 0.462 e. The Hall–Kier alpha value is -1.88. The molecule has 3 saturated carbocycles. The Labute approximate surface area is 294 Å². The minimum absolute atomic E-state index is 0.0329. The summed E-state index contributed by atoms with van der Waals surface area (Å²) in [5.74, 6) is 1.49. The molecule has 3 aliphatic rings. The second-order valence-electron chi connectivity index (χ2n) is 16.5. The summed E-state index contributed by atoms with van der Waals surface area (Å²) in [6, 6.07) is 0. The molecule has 5 heteroatoms. The molecule has 6 atom stereocenters. The number of hydrogen-bond donors (Lipinski definition) is 1. The van der Waals surface area contributed by atoms with E-state index in [2.05, 4.69) is 46.4 Å². The lowest BCUT2D eigenvalue weighted by Crippen LogP contribution is -2.41. The van der Waals surface area contributed by atoms with Gasteiger partial charge in [-0.1, -0.05) is 109 Å². The number of esters is 2. The first-order valence-corrected chi connectivity index (χ1v) is 20.1. The lowest BCUT2D eigenvalue weighted by Gasteiger charge is -2.44. The van der Waals surface area contributed by atoms with E-state index in [0.29, 0.717) is 37.0 Å². The van der Waals surface area contributed by atoms with Gasteiger partial charge in [0.2, 0.25) is 0 Å². The second kappa shape index (κ2) is 20.1. The molecular weight excluding hydrogens is 596 g/mol. The van der Waals surface area contributed by atoms with Crippen LogP contribution in [0.3, 0.4) is 0 Å². The summed E-state index contributed by atoms with van der Waals surface area (Å²) < 4.78 is 11.8. The molecule has 48 heavy (non-hydrogen) atoms. The summed E-state index contributed by atoms with van der Waals surface area (Å²) in [5.41, 5.74) is 3.22. The molecule has 0 aromatic rings. The summed E-state index contributed by atoms with van der Waals surface area (Å²) in [6.07, 6.45) is 26.6. The maximum atomic E-state index is 12.7. The quantitative estimate of drug-likeness (QED) is 0.103. The predicted molar refractivity (Wildman–Crippen MR) is 199 cm³/mol. The molecule has 3 rings (SSSR count). The van der Waals surface area contributed by atoms with Crippen LogP contribution in [0.5, 0.6) is 0 Å². The molecule has 1 N–H and O–H groups in total. The average Bonchev–Trinajstić information content (AvgIpc) is 3.40. The number of rotatable bonds is 20. The highest BCUT2D eigenvalue weighted by Gasteiger charge is 2.50. The Bertz CT molecular complexity index is 1080. The summed E-state index contributed by atoms with van der Waals surface area (Å²) >= 11 is 0. The van der Waals surface area contributed by atoms with E-state index in [1.807, 2.05) is 0 Å². The number of unbranched alkanes of at least 4 members (excludes halogenated alkanes) is 8. The third-order valence-electron chi connectivity index (χ3n) is 12.1. The molecule has 0 aromatic heterocycles. The van der Waals surface area contributed by atoms with Crippen LogP contribution in [-0.4, -0.2) is 34.9 Å². The lowest BCUT2D eigenvalue weighted by molar-refractivity contribution is -0.163. The van der Waals surface area contributed by atoms with Gasteiger partial charge in [0.1, 0.15) is 12.2 Å². The Morgan fingerprint density at radius 1 is 0.917 bits per heavy atom. The monoisotopic (exact) mass is 669 g/mol. The molecule has 3 fully saturated rings. The zero-order chi connectivity index (χ0) is 35.2. The van der Waals surface area contributed by atoms with E-state index in [9.17, 15) is 14.7 Å². The molecule has 0 bridgehead atoms. The molecular formula is C43H72O5. The lowest BCUT2D eigenvalue weighted by atomic mass is 9.60. The highest BCUT2D eigenvalue weighted by Crippen LogP contribution is 2.60. The van der Waals surface area contributed by atoms with Gasteiger partial charge in [0.05, 0.1) is 5.60 Å². The van der Waals surface area contributed by atoms with Crippen molar-refractivity contribution in [2.75, 3.05) is 0 Å². The van der Waals surface area contributed by atoms with Gasteiger partial charge in [-0.15, -0.1) is 0 Å². The fourth-order valence-electron chi connectivity index (χ4n) is 9.08. The van der Waals surface area contributed by atoms with E-state index in [4.69, 9.17) is 9.47 Å². The highest BCUT2D eigenvalue weighted by molar-refractivity contribution is 5.70. The number of carbonyl (C=O) groups excluding carboxylic acids is 2. The van der Waals surface area contributed by atoms with Crippen LogP contribution in [0.15, 0.2) is 35.5 Å². The van der Waals surface area contributed by atoms with Crippen molar-refractivity contribution in [3.05, 3.63) is 35.5 Å². The van der Waals surface area contributed by atoms with Crippen molar-refractivity contribution < 1.29 is 24.2 Å². The fourth-order valence-corrected chi connectivity index (χ4v) is 9.08. The van der Waals surface area contributed by atoms with Gasteiger partial charge < -0.3 is 14.6 Å². The molecule has 3 aliphatic carbocycles. The molecule has 0 amide bonds. The summed E-state index contributed by atoms with van der Waals surface area (Å²) in [5, 5.41) is 10.9. The first-order valence-electron chi connectivity index (χ1n) is 20.1. The van der Waals surface area contributed by atoms with Crippen LogP contribution in [0.2, 0.25) is 0 Å². The van der Waals surface area contributed by atoms with Crippen molar-refractivity contribution in [2.45, 2.75) is 201 Å². The van der Waals surface area contributed by atoms with Crippen molar-refractivity contribution in [3.63, 3.8) is 0 Å². The van der Waals surface area contributed by atoms with Crippen LogP contribution < -0.4 is 0 Å². The van der Waals surface area contributed by atoms with Gasteiger partial charge in [-0.3, -0.25) is 9.59 Å². The molecule has 2 unspecified atom stereocenters. The molecule has 5 nitrogen and oxygen atoms in total. The SMILES string of the molecule is C=C1CC[C@H](OC(=O)CCCCCCC)C/C1=C/C=C1CCC[C@@]2(C)C1CC[C@@H]2[C@H](C)CCC(OC(=O)CCCCCCC)C(C)(C)O. The first kappa shape index (κ1) is 40.5. The zero-order valence-corrected chi connectivity index (χ0v) is 31.9. The minimum atomic E-state index is -1.05. The molecule has 0 heterocycles. The third kappa shape index (κ3) is 12.5. The van der Waals surface area contributed by atoms with E-state index in [1.54, 1.807) is 19.4 Å². The third-order valence-corrected chi connectivity index (χ3v) is 12.1. The van der Waals surface area contributed by atoms with E-state index in [1.165, 1.54) is 68.9 Å². The van der Waals surface area contributed by atoms with Crippen LogP contribution in [0.1, 0.15) is 183 Å². The van der Waals surface area contributed by atoms with Gasteiger partial charge >= 0.3 is 11.9 Å². The van der Waals surface area contributed by atoms with Crippen molar-refractivity contribution in [1.82, 2.24) is 0 Å². The van der Waals surface area contributed by atoms with Gasteiger partial charge in [0.25, 0.3) is 0 Å². The second-order valence-corrected chi connectivity index (χ2v) is 16.5. The predicted octanol–water partition coefficient (Wildman–Crippen LogP) is 11.5. The Kier molecular flexibility index (Phi) is 17.0. The van der Waals surface area contributed by atoms with Gasteiger partial charge in [-0.25, -0.2) is 0 Å². The Morgan fingerprint density at radius 3 is 2.21 bits per heavy atom. The standard InChI is InChI=1S/C43H72O5/c1-8-10-12-14-16-20-40(44)47-36-26-22-32(3)35(31-36)25-24-34-19-18-30-43(7)37(27-28-38(34)43)33(4)23-29-39(42(5,6)46)48-41(45)21-17-15-13-11-9-2/h24-25,33,36-39,46H,3,8-23,26-31H2,1-2,4-7H3/b34-24?,35-25-/t33-,36+,37-,38?,39?,43-/m1/s1. The minimum Gasteiger partial charge on any atom is -0.462 e. The number of fused-ring (bicyclic) bond motifs is 1.